The van der Waals surface area contributed by atoms with Crippen molar-refractivity contribution in [2.75, 3.05) is 11.9 Å². The Hall–Kier alpha value is -2.35. The molecule has 0 saturated carbocycles. The molecule has 0 spiro atoms. The lowest BCUT2D eigenvalue weighted by atomic mass is 10.1. The third kappa shape index (κ3) is 3.11. The first-order valence-corrected chi connectivity index (χ1v) is 7.21. The van der Waals surface area contributed by atoms with Crippen LogP contribution in [0.5, 0.6) is 0 Å². The molecule has 2 aromatic rings. The molecule has 0 bridgehead atoms. The minimum atomic E-state index is -0.453. The lowest BCUT2D eigenvalue weighted by molar-refractivity contribution is -0.116. The zero-order chi connectivity index (χ0) is 15.5. The second kappa shape index (κ2) is 6.18. The van der Waals surface area contributed by atoms with Gasteiger partial charge in [-0.3, -0.25) is 4.79 Å². The van der Waals surface area contributed by atoms with Crippen molar-refractivity contribution in [1.29, 1.82) is 0 Å². The number of aryl methyl sites for hydroxylation is 1. The number of nitrogens with one attached hydrogen (secondary N) is 2. The van der Waals surface area contributed by atoms with Crippen LogP contribution in [-0.2, 0) is 4.79 Å². The van der Waals surface area contributed by atoms with Crippen molar-refractivity contribution in [3.05, 3.63) is 29.8 Å². The van der Waals surface area contributed by atoms with E-state index in [1.165, 1.54) is 22.9 Å². The predicted molar refractivity (Wildman–Crippen MR) is 78.1 cm³/mol. The van der Waals surface area contributed by atoms with E-state index in [0.717, 1.165) is 19.4 Å². The molecule has 1 aliphatic rings. The highest BCUT2D eigenvalue weighted by Crippen LogP contribution is 2.19. The van der Waals surface area contributed by atoms with E-state index in [0.29, 0.717) is 17.9 Å². The zero-order valence-corrected chi connectivity index (χ0v) is 12.2. The molecule has 22 heavy (non-hydrogen) atoms. The number of nitrogens with zero attached hydrogens (tertiary/aromatic N) is 4. The second-order valence-corrected chi connectivity index (χ2v) is 5.35. The van der Waals surface area contributed by atoms with Gasteiger partial charge in [-0.1, -0.05) is 0 Å². The highest BCUT2D eigenvalue weighted by molar-refractivity contribution is 5.91. The maximum Gasteiger partial charge on any atom is 0.225 e. The van der Waals surface area contributed by atoms with E-state index in [1.54, 1.807) is 6.92 Å². The molecular weight excluding hydrogens is 287 g/mol. The van der Waals surface area contributed by atoms with E-state index in [-0.39, 0.29) is 17.6 Å². The molecular formula is C14H17FN6O. The molecule has 1 fully saturated rings. The van der Waals surface area contributed by atoms with Gasteiger partial charge in [0.1, 0.15) is 11.5 Å². The highest BCUT2D eigenvalue weighted by Gasteiger charge is 2.18. The van der Waals surface area contributed by atoms with E-state index in [1.807, 2.05) is 0 Å². The number of carbonyl (C=O) groups excluding carboxylic acids is 1. The van der Waals surface area contributed by atoms with Crippen LogP contribution in [-0.4, -0.2) is 38.7 Å². The number of aromatic nitrogens is 4. The van der Waals surface area contributed by atoms with E-state index in [4.69, 9.17) is 0 Å². The van der Waals surface area contributed by atoms with Gasteiger partial charge in [-0.25, -0.2) is 4.39 Å². The summed E-state index contributed by atoms with van der Waals surface area (Å²) >= 11 is 0. The van der Waals surface area contributed by atoms with Crippen molar-refractivity contribution in [2.24, 2.45) is 0 Å². The molecule has 2 N–H and O–H groups in total. The largest absolute Gasteiger partial charge is 0.326 e. The van der Waals surface area contributed by atoms with E-state index in [2.05, 4.69) is 26.2 Å². The Labute approximate surface area is 126 Å². The molecule has 1 aromatic heterocycles. The molecule has 0 radical (unpaired) electrons. The van der Waals surface area contributed by atoms with Crippen LogP contribution in [0.2, 0.25) is 0 Å². The Balaban J connectivity index is 1.74. The van der Waals surface area contributed by atoms with Gasteiger partial charge < -0.3 is 10.6 Å². The SMILES string of the molecule is Cc1nnnn1-c1cc(NC(=O)CC2CCCN2)ccc1F. The first kappa shape index (κ1) is 14.6. The summed E-state index contributed by atoms with van der Waals surface area (Å²) in [6, 6.07) is 4.57. The summed E-state index contributed by atoms with van der Waals surface area (Å²) < 4.78 is 15.2. The molecule has 3 rings (SSSR count). The van der Waals surface area contributed by atoms with E-state index in [9.17, 15) is 9.18 Å². The summed E-state index contributed by atoms with van der Waals surface area (Å²) in [5, 5.41) is 17.0. The Morgan fingerprint density at radius 3 is 3.09 bits per heavy atom. The van der Waals surface area contributed by atoms with E-state index >= 15 is 0 Å². The lowest BCUT2D eigenvalue weighted by Crippen LogP contribution is -2.27. The molecule has 1 amide bonds. The molecule has 116 valence electrons. The monoisotopic (exact) mass is 304 g/mol. The Bertz CT molecular complexity index is 680. The van der Waals surface area contributed by atoms with Crippen molar-refractivity contribution < 1.29 is 9.18 Å². The van der Waals surface area contributed by atoms with Crippen LogP contribution in [0, 0.1) is 12.7 Å². The van der Waals surface area contributed by atoms with Crippen LogP contribution < -0.4 is 10.6 Å². The van der Waals surface area contributed by atoms with Crippen molar-refractivity contribution in [3.8, 4) is 5.69 Å². The quantitative estimate of drug-likeness (QED) is 0.886. The summed E-state index contributed by atoms with van der Waals surface area (Å²) in [6.07, 6.45) is 2.51. The van der Waals surface area contributed by atoms with Crippen LogP contribution in [0.4, 0.5) is 10.1 Å². The summed E-state index contributed by atoms with van der Waals surface area (Å²) in [6.45, 7) is 2.63. The third-order valence-electron chi connectivity index (χ3n) is 3.68. The molecule has 7 nitrogen and oxygen atoms in total. The van der Waals surface area contributed by atoms with Gasteiger partial charge in [0, 0.05) is 18.2 Å². The maximum absolute atomic E-state index is 13.9. The number of carbonyl (C=O) groups is 1. The first-order chi connectivity index (χ1) is 10.6. The lowest BCUT2D eigenvalue weighted by Gasteiger charge is -2.11. The molecule has 1 atom stereocenters. The van der Waals surface area contributed by atoms with Gasteiger partial charge in [0.25, 0.3) is 0 Å². The Morgan fingerprint density at radius 1 is 1.55 bits per heavy atom. The number of tetrazole rings is 1. The van der Waals surface area contributed by atoms with Gasteiger partial charge in [-0.05, 0) is 54.9 Å². The van der Waals surface area contributed by atoms with Crippen LogP contribution in [0.3, 0.4) is 0 Å². The minimum Gasteiger partial charge on any atom is -0.326 e. The molecule has 8 heteroatoms. The Morgan fingerprint density at radius 2 is 2.41 bits per heavy atom. The number of anilines is 1. The predicted octanol–water partition coefficient (Wildman–Crippen LogP) is 1.19. The fraction of sp³-hybridized carbons (Fsp3) is 0.429. The summed E-state index contributed by atoms with van der Waals surface area (Å²) in [5.41, 5.74) is 0.730. The van der Waals surface area contributed by atoms with E-state index < -0.39 is 5.82 Å². The fourth-order valence-corrected chi connectivity index (χ4v) is 2.57. The Kier molecular flexibility index (Phi) is 4.10. The van der Waals surface area contributed by atoms with Crippen molar-refractivity contribution in [2.45, 2.75) is 32.2 Å². The van der Waals surface area contributed by atoms with Gasteiger partial charge >= 0.3 is 0 Å². The average Bonchev–Trinajstić information content (AvgIpc) is 3.13. The normalized spacial score (nSPS) is 17.6. The maximum atomic E-state index is 13.9. The van der Waals surface area contributed by atoms with Crippen LogP contribution in [0.25, 0.3) is 5.69 Å². The summed E-state index contributed by atoms with van der Waals surface area (Å²) in [4.78, 5) is 12.0. The number of hydrogen-bond donors (Lipinski definition) is 2. The van der Waals surface area contributed by atoms with Gasteiger partial charge in [0.05, 0.1) is 0 Å². The smallest absolute Gasteiger partial charge is 0.225 e. The number of halogens is 1. The average molecular weight is 304 g/mol. The fourth-order valence-electron chi connectivity index (χ4n) is 2.57. The minimum absolute atomic E-state index is 0.0922. The number of rotatable bonds is 4. The van der Waals surface area contributed by atoms with Gasteiger partial charge in [-0.15, -0.1) is 5.10 Å². The number of hydrogen-bond acceptors (Lipinski definition) is 5. The van der Waals surface area contributed by atoms with Crippen molar-refractivity contribution >= 4 is 11.6 Å². The standard InChI is InChI=1S/C14H17FN6O/c1-9-18-19-20-21(9)13-7-11(4-5-12(13)15)17-14(22)8-10-3-2-6-16-10/h4-5,7,10,16H,2-3,6,8H2,1H3,(H,17,22). The second-order valence-electron chi connectivity index (χ2n) is 5.35. The third-order valence-corrected chi connectivity index (χ3v) is 3.68. The summed E-state index contributed by atoms with van der Waals surface area (Å²) in [7, 11) is 0. The summed E-state index contributed by atoms with van der Waals surface area (Å²) in [5.74, 6) is -0.0752. The molecule has 1 aliphatic heterocycles. The van der Waals surface area contributed by atoms with Gasteiger partial charge in [0.15, 0.2) is 5.82 Å². The van der Waals surface area contributed by atoms with Crippen LogP contribution in [0.1, 0.15) is 25.1 Å². The van der Waals surface area contributed by atoms with Crippen molar-refractivity contribution in [1.82, 2.24) is 25.5 Å². The molecule has 1 saturated heterocycles. The van der Waals surface area contributed by atoms with Gasteiger partial charge in [-0.2, -0.15) is 4.68 Å². The topological polar surface area (TPSA) is 84.7 Å². The highest BCUT2D eigenvalue weighted by atomic mass is 19.1. The zero-order valence-electron chi connectivity index (χ0n) is 12.2. The van der Waals surface area contributed by atoms with Crippen LogP contribution in [0.15, 0.2) is 18.2 Å². The number of amides is 1. The van der Waals surface area contributed by atoms with Crippen molar-refractivity contribution in [3.63, 3.8) is 0 Å². The first-order valence-electron chi connectivity index (χ1n) is 7.21. The van der Waals surface area contributed by atoms with Gasteiger partial charge in [0.2, 0.25) is 5.91 Å². The molecule has 0 aliphatic carbocycles. The molecule has 2 heterocycles. The number of benzene rings is 1. The van der Waals surface area contributed by atoms with Crippen LogP contribution >= 0.6 is 0 Å². The molecule has 1 aromatic carbocycles. The molecule has 1 unspecified atom stereocenters.